The summed E-state index contributed by atoms with van der Waals surface area (Å²) in [6.07, 6.45) is 0.993. The number of rotatable bonds is 6. The van der Waals surface area contributed by atoms with Crippen molar-refractivity contribution in [3.05, 3.63) is 23.8 Å². The summed E-state index contributed by atoms with van der Waals surface area (Å²) < 4.78 is 10.6. The van der Waals surface area contributed by atoms with Crippen molar-refractivity contribution in [1.82, 2.24) is 0 Å². The van der Waals surface area contributed by atoms with Crippen LogP contribution in [0.15, 0.2) is 18.2 Å². The van der Waals surface area contributed by atoms with Crippen molar-refractivity contribution in [3.63, 3.8) is 0 Å². The van der Waals surface area contributed by atoms with Crippen LogP contribution in [0.3, 0.4) is 0 Å². The molecule has 17 heavy (non-hydrogen) atoms. The third-order valence-electron chi connectivity index (χ3n) is 3.12. The fourth-order valence-corrected chi connectivity index (χ4v) is 2.15. The van der Waals surface area contributed by atoms with Gasteiger partial charge in [-0.05, 0) is 42.5 Å². The van der Waals surface area contributed by atoms with Crippen molar-refractivity contribution in [1.29, 1.82) is 0 Å². The molecule has 0 bridgehead atoms. The van der Waals surface area contributed by atoms with Crippen LogP contribution in [-0.2, 0) is 0 Å². The van der Waals surface area contributed by atoms with Crippen LogP contribution < -0.4 is 15.2 Å². The standard InChI is InChI=1S/C14H23NO2/c1-10(2)12(7-8-15)11-5-6-13(16-3)14(9-11)17-4/h5-6,9-10,12H,7-8,15H2,1-4H3. The fraction of sp³-hybridized carbons (Fsp3) is 0.571. The van der Waals surface area contributed by atoms with Crippen molar-refractivity contribution in [2.24, 2.45) is 11.7 Å². The molecule has 1 unspecified atom stereocenters. The second kappa shape index (κ2) is 6.50. The molecule has 0 fully saturated rings. The molecule has 3 nitrogen and oxygen atoms in total. The lowest BCUT2D eigenvalue weighted by Crippen LogP contribution is -2.12. The Hall–Kier alpha value is -1.22. The molecule has 0 aromatic heterocycles. The number of hydrogen-bond donors (Lipinski definition) is 1. The van der Waals surface area contributed by atoms with E-state index in [0.717, 1.165) is 17.9 Å². The third-order valence-corrected chi connectivity index (χ3v) is 3.12. The van der Waals surface area contributed by atoms with Crippen molar-refractivity contribution in [2.45, 2.75) is 26.2 Å². The predicted octanol–water partition coefficient (Wildman–Crippen LogP) is 2.79. The van der Waals surface area contributed by atoms with Crippen LogP contribution in [0.2, 0.25) is 0 Å². The Balaban J connectivity index is 3.03. The molecule has 0 aliphatic carbocycles. The number of methoxy groups -OCH3 is 2. The highest BCUT2D eigenvalue weighted by atomic mass is 16.5. The van der Waals surface area contributed by atoms with Crippen LogP contribution in [0.1, 0.15) is 31.7 Å². The Kier molecular flexibility index (Phi) is 5.29. The lowest BCUT2D eigenvalue weighted by atomic mass is 9.85. The van der Waals surface area contributed by atoms with Gasteiger partial charge in [-0.25, -0.2) is 0 Å². The van der Waals surface area contributed by atoms with E-state index in [0.29, 0.717) is 18.4 Å². The Morgan fingerprint density at radius 2 is 1.76 bits per heavy atom. The third kappa shape index (κ3) is 3.37. The van der Waals surface area contributed by atoms with Gasteiger partial charge in [-0.2, -0.15) is 0 Å². The molecule has 0 radical (unpaired) electrons. The number of hydrogen-bond acceptors (Lipinski definition) is 3. The maximum Gasteiger partial charge on any atom is 0.160 e. The molecular formula is C14H23NO2. The van der Waals surface area contributed by atoms with Gasteiger partial charge in [0.2, 0.25) is 0 Å². The molecule has 0 aliphatic rings. The molecule has 1 atom stereocenters. The maximum atomic E-state index is 5.68. The van der Waals surface area contributed by atoms with Gasteiger partial charge in [-0.15, -0.1) is 0 Å². The Bertz CT molecular complexity index is 350. The number of ether oxygens (including phenoxy) is 2. The van der Waals surface area contributed by atoms with Crippen molar-refractivity contribution >= 4 is 0 Å². The van der Waals surface area contributed by atoms with E-state index in [-0.39, 0.29) is 0 Å². The first-order valence-electron chi connectivity index (χ1n) is 6.06. The van der Waals surface area contributed by atoms with Gasteiger partial charge in [0.05, 0.1) is 14.2 Å². The Morgan fingerprint density at radius 1 is 1.12 bits per heavy atom. The lowest BCUT2D eigenvalue weighted by Gasteiger charge is -2.21. The number of benzene rings is 1. The average molecular weight is 237 g/mol. The zero-order valence-corrected chi connectivity index (χ0v) is 11.2. The summed E-state index contributed by atoms with van der Waals surface area (Å²) >= 11 is 0. The maximum absolute atomic E-state index is 5.68. The molecule has 1 rings (SSSR count). The summed E-state index contributed by atoms with van der Waals surface area (Å²) in [6, 6.07) is 6.11. The molecule has 0 amide bonds. The van der Waals surface area contributed by atoms with Gasteiger partial charge >= 0.3 is 0 Å². The molecule has 2 N–H and O–H groups in total. The second-order valence-corrected chi connectivity index (χ2v) is 4.54. The molecule has 0 aliphatic heterocycles. The molecule has 96 valence electrons. The van der Waals surface area contributed by atoms with Crippen molar-refractivity contribution in [3.8, 4) is 11.5 Å². The summed E-state index contributed by atoms with van der Waals surface area (Å²) in [4.78, 5) is 0. The van der Waals surface area contributed by atoms with E-state index in [2.05, 4.69) is 26.0 Å². The largest absolute Gasteiger partial charge is 0.493 e. The average Bonchev–Trinajstić information content (AvgIpc) is 2.34. The zero-order valence-electron chi connectivity index (χ0n) is 11.2. The normalized spacial score (nSPS) is 12.6. The van der Waals surface area contributed by atoms with Gasteiger partial charge in [0.1, 0.15) is 0 Å². The van der Waals surface area contributed by atoms with Crippen LogP contribution >= 0.6 is 0 Å². The first-order valence-corrected chi connectivity index (χ1v) is 6.06. The van der Waals surface area contributed by atoms with Gasteiger partial charge in [0.25, 0.3) is 0 Å². The molecule has 1 aromatic carbocycles. The smallest absolute Gasteiger partial charge is 0.160 e. The summed E-state index contributed by atoms with van der Waals surface area (Å²) in [5, 5.41) is 0. The van der Waals surface area contributed by atoms with Gasteiger partial charge in [0, 0.05) is 0 Å². The predicted molar refractivity (Wildman–Crippen MR) is 70.8 cm³/mol. The quantitative estimate of drug-likeness (QED) is 0.827. The number of nitrogens with two attached hydrogens (primary N) is 1. The molecule has 0 saturated heterocycles. The van der Waals surface area contributed by atoms with E-state index in [1.54, 1.807) is 14.2 Å². The van der Waals surface area contributed by atoms with Crippen LogP contribution in [0.5, 0.6) is 11.5 Å². The highest BCUT2D eigenvalue weighted by Crippen LogP contribution is 2.34. The molecular weight excluding hydrogens is 214 g/mol. The van der Waals surface area contributed by atoms with Gasteiger partial charge in [0.15, 0.2) is 11.5 Å². The van der Waals surface area contributed by atoms with Crippen molar-refractivity contribution < 1.29 is 9.47 Å². The first kappa shape index (κ1) is 13.8. The molecule has 0 saturated carbocycles. The summed E-state index contributed by atoms with van der Waals surface area (Å²) in [6.45, 7) is 5.14. The molecule has 0 heterocycles. The van der Waals surface area contributed by atoms with E-state index >= 15 is 0 Å². The summed E-state index contributed by atoms with van der Waals surface area (Å²) in [5.74, 6) is 2.59. The van der Waals surface area contributed by atoms with Gasteiger partial charge in [-0.3, -0.25) is 0 Å². The van der Waals surface area contributed by atoms with E-state index in [1.165, 1.54) is 5.56 Å². The summed E-state index contributed by atoms with van der Waals surface area (Å²) in [7, 11) is 3.31. The van der Waals surface area contributed by atoms with Gasteiger partial charge < -0.3 is 15.2 Å². The fourth-order valence-electron chi connectivity index (χ4n) is 2.15. The minimum absolute atomic E-state index is 0.472. The van der Waals surface area contributed by atoms with E-state index in [9.17, 15) is 0 Å². The monoisotopic (exact) mass is 237 g/mol. The molecule has 0 spiro atoms. The lowest BCUT2D eigenvalue weighted by molar-refractivity contribution is 0.353. The topological polar surface area (TPSA) is 44.5 Å². The van der Waals surface area contributed by atoms with Crippen LogP contribution in [-0.4, -0.2) is 20.8 Å². The second-order valence-electron chi connectivity index (χ2n) is 4.54. The highest BCUT2D eigenvalue weighted by molar-refractivity contribution is 5.44. The van der Waals surface area contributed by atoms with E-state index < -0.39 is 0 Å². The Labute approximate surface area is 104 Å². The minimum Gasteiger partial charge on any atom is -0.493 e. The SMILES string of the molecule is COc1ccc(C(CCN)C(C)C)cc1OC. The van der Waals surface area contributed by atoms with Crippen LogP contribution in [0, 0.1) is 5.92 Å². The highest BCUT2D eigenvalue weighted by Gasteiger charge is 2.17. The molecule has 1 aromatic rings. The summed E-state index contributed by atoms with van der Waals surface area (Å²) in [5.41, 5.74) is 6.94. The zero-order chi connectivity index (χ0) is 12.8. The first-order chi connectivity index (χ1) is 8.13. The van der Waals surface area contributed by atoms with Crippen LogP contribution in [0.4, 0.5) is 0 Å². The van der Waals surface area contributed by atoms with E-state index in [1.807, 2.05) is 6.07 Å². The molecule has 3 heteroatoms. The Morgan fingerprint density at radius 3 is 2.24 bits per heavy atom. The van der Waals surface area contributed by atoms with E-state index in [4.69, 9.17) is 15.2 Å². The minimum atomic E-state index is 0.472. The van der Waals surface area contributed by atoms with Crippen LogP contribution in [0.25, 0.3) is 0 Å². The van der Waals surface area contributed by atoms with Crippen molar-refractivity contribution in [2.75, 3.05) is 20.8 Å². The van der Waals surface area contributed by atoms with Gasteiger partial charge in [-0.1, -0.05) is 19.9 Å².